The molecule has 1 fully saturated rings. The van der Waals surface area contributed by atoms with Crippen LogP contribution in [-0.4, -0.2) is 16.1 Å². The van der Waals surface area contributed by atoms with Crippen molar-refractivity contribution < 1.29 is 25.8 Å². The van der Waals surface area contributed by atoms with Crippen LogP contribution in [0.4, 0.5) is 0 Å². The standard InChI is InChI=1S/C13H29Si2.C4H9.2CH3.Hf/c1-14(2,3)10-12-8-7-9-13(12)11-15(4,5)6;1-3-4-2;;;/h12-13H,1,7-11H2,2-6H3;1,3-4H2,2H3;2*1H3;/q4*-1;+4. The first-order valence-corrected chi connectivity index (χ1v) is 15.4. The molecule has 1 aliphatic carbocycles. The van der Waals surface area contributed by atoms with E-state index >= 15 is 0 Å². The smallest absolute Gasteiger partial charge is 0.358 e. The van der Waals surface area contributed by atoms with E-state index in [1.54, 1.807) is 6.04 Å². The van der Waals surface area contributed by atoms with E-state index in [1.807, 2.05) is 0 Å². The SMILES string of the molecule is [CH2-]CCC.[CH2-][Si](C)(C)CC1CCCC1C[Si](C)(C)C.[CH3-].[CH3-].[Hf+4]. The van der Waals surface area contributed by atoms with Crippen LogP contribution in [0.2, 0.25) is 44.8 Å². The van der Waals surface area contributed by atoms with Crippen LogP contribution in [-0.2, 0) is 25.8 Å². The summed E-state index contributed by atoms with van der Waals surface area (Å²) in [6.45, 7) is 22.6. The average molecular weight is 507 g/mol. The maximum absolute atomic E-state index is 4.42. The molecule has 2 unspecified atom stereocenters. The summed E-state index contributed by atoms with van der Waals surface area (Å²) in [6.07, 6.45) is 6.78. The predicted molar refractivity (Wildman–Crippen MR) is 110 cm³/mol. The topological polar surface area (TPSA) is 0 Å². The Morgan fingerprint density at radius 3 is 1.55 bits per heavy atom. The number of unbranched alkanes of at least 4 members (excludes halogenated alkanes) is 1. The van der Waals surface area contributed by atoms with Crippen molar-refractivity contribution in [3.63, 3.8) is 0 Å². The first-order valence-electron chi connectivity index (χ1n) is 8.23. The van der Waals surface area contributed by atoms with Crippen molar-refractivity contribution in [3.05, 3.63) is 28.3 Å². The number of rotatable bonds is 5. The monoisotopic (exact) mass is 508 g/mol. The van der Waals surface area contributed by atoms with Gasteiger partial charge in [0, 0.05) is 8.07 Å². The van der Waals surface area contributed by atoms with E-state index in [2.05, 4.69) is 53.1 Å². The van der Waals surface area contributed by atoms with E-state index in [0.29, 0.717) is 0 Å². The summed E-state index contributed by atoms with van der Waals surface area (Å²) in [6, 6.07) is 3.03. The molecule has 0 aromatic rings. The van der Waals surface area contributed by atoms with Gasteiger partial charge in [-0.05, 0) is 11.8 Å². The molecule has 0 spiro atoms. The van der Waals surface area contributed by atoms with E-state index in [9.17, 15) is 0 Å². The van der Waals surface area contributed by atoms with E-state index < -0.39 is 16.1 Å². The maximum Gasteiger partial charge on any atom is 4.00 e. The van der Waals surface area contributed by atoms with Crippen LogP contribution < -0.4 is 0 Å². The average Bonchev–Trinajstić information content (AvgIpc) is 2.61. The molecule has 3 heteroatoms. The second-order valence-corrected chi connectivity index (χ2v) is 18.7. The molecular formula is C19H44HfSi2. The van der Waals surface area contributed by atoms with E-state index in [0.717, 1.165) is 18.3 Å². The molecule has 2 atom stereocenters. The fourth-order valence-corrected chi connectivity index (χ4v) is 7.22. The van der Waals surface area contributed by atoms with Gasteiger partial charge in [0.1, 0.15) is 0 Å². The Balaban J connectivity index is -0.000000208. The van der Waals surface area contributed by atoms with Crippen molar-refractivity contribution in [2.45, 2.75) is 83.9 Å². The van der Waals surface area contributed by atoms with E-state index in [1.165, 1.54) is 31.7 Å². The number of hydrogen-bond acceptors (Lipinski definition) is 0. The minimum Gasteiger partial charge on any atom is -0.358 e. The maximum atomic E-state index is 4.42. The third kappa shape index (κ3) is 17.7. The largest absolute Gasteiger partial charge is 4.00 e. The Kier molecular flexibility index (Phi) is 20.7. The molecule has 1 rings (SSSR count). The summed E-state index contributed by atoms with van der Waals surface area (Å²) in [7, 11) is -1.92. The zero-order valence-electron chi connectivity index (χ0n) is 17.0. The first kappa shape index (κ1) is 31.1. The Morgan fingerprint density at radius 1 is 0.909 bits per heavy atom. The van der Waals surface area contributed by atoms with Crippen LogP contribution in [0.15, 0.2) is 0 Å². The van der Waals surface area contributed by atoms with E-state index in [4.69, 9.17) is 0 Å². The van der Waals surface area contributed by atoms with Gasteiger partial charge in [0.25, 0.3) is 0 Å². The molecular weight excluding hydrogens is 463 g/mol. The quantitative estimate of drug-likeness (QED) is 0.270. The Labute approximate surface area is 165 Å². The van der Waals surface area contributed by atoms with Crippen LogP contribution in [0.5, 0.6) is 0 Å². The molecule has 0 aromatic heterocycles. The van der Waals surface area contributed by atoms with Crippen molar-refractivity contribution in [2.75, 3.05) is 0 Å². The normalized spacial score (nSPS) is 20.7. The van der Waals surface area contributed by atoms with Gasteiger partial charge in [-0.15, -0.1) is 0 Å². The van der Waals surface area contributed by atoms with Crippen LogP contribution >= 0.6 is 0 Å². The molecule has 0 amide bonds. The second-order valence-electron chi connectivity index (χ2n) is 8.44. The molecule has 1 saturated carbocycles. The summed E-state index contributed by atoms with van der Waals surface area (Å²) >= 11 is 0. The molecule has 0 aliphatic heterocycles. The van der Waals surface area contributed by atoms with Gasteiger partial charge < -0.3 is 28.3 Å². The Morgan fingerprint density at radius 2 is 1.27 bits per heavy atom. The second kappa shape index (κ2) is 14.6. The minimum absolute atomic E-state index is 0. The van der Waals surface area contributed by atoms with Crippen molar-refractivity contribution in [1.82, 2.24) is 0 Å². The Bertz CT molecular complexity index is 205. The summed E-state index contributed by atoms with van der Waals surface area (Å²) in [5.41, 5.74) is 0. The van der Waals surface area contributed by atoms with Crippen LogP contribution in [0, 0.1) is 40.2 Å². The fourth-order valence-electron chi connectivity index (χ4n) is 3.15. The fraction of sp³-hybridized carbons (Fsp3) is 0.789. The van der Waals surface area contributed by atoms with Gasteiger partial charge in [-0.2, -0.15) is 6.42 Å². The van der Waals surface area contributed by atoms with E-state index in [-0.39, 0.29) is 40.7 Å². The zero-order valence-corrected chi connectivity index (χ0v) is 22.6. The molecule has 0 radical (unpaired) electrons. The Hall–Kier alpha value is 1.30. The van der Waals surface area contributed by atoms with Gasteiger partial charge in [0.15, 0.2) is 0 Å². The van der Waals surface area contributed by atoms with Gasteiger partial charge in [-0.3, -0.25) is 0 Å². The minimum atomic E-state index is -1.07. The van der Waals surface area contributed by atoms with Crippen LogP contribution in [0.3, 0.4) is 0 Å². The van der Waals surface area contributed by atoms with Crippen molar-refractivity contribution in [1.29, 1.82) is 0 Å². The zero-order chi connectivity index (χ0) is 15.1. The van der Waals surface area contributed by atoms with Gasteiger partial charge in [0.2, 0.25) is 0 Å². The third-order valence-corrected chi connectivity index (χ3v) is 7.24. The number of hydrogen-bond donors (Lipinski definition) is 0. The van der Waals surface area contributed by atoms with Crippen molar-refractivity contribution in [2.24, 2.45) is 11.8 Å². The van der Waals surface area contributed by atoms with Gasteiger partial charge in [-0.25, -0.2) is 0 Å². The first-order chi connectivity index (χ1) is 8.59. The predicted octanol–water partition coefficient (Wildman–Crippen LogP) is 7.34. The molecule has 0 nitrogen and oxygen atoms in total. The molecule has 132 valence electrons. The molecule has 0 saturated heterocycles. The van der Waals surface area contributed by atoms with Gasteiger partial charge >= 0.3 is 25.8 Å². The van der Waals surface area contributed by atoms with Gasteiger partial charge in [0.05, 0.1) is 0 Å². The summed E-state index contributed by atoms with van der Waals surface area (Å²) in [4.78, 5) is 0. The molecule has 22 heavy (non-hydrogen) atoms. The van der Waals surface area contributed by atoms with Crippen molar-refractivity contribution >= 4 is 16.1 Å². The summed E-state index contributed by atoms with van der Waals surface area (Å²) in [5, 5.41) is 0. The summed E-state index contributed by atoms with van der Waals surface area (Å²) in [5.74, 6) is 2.10. The van der Waals surface area contributed by atoms with Crippen LogP contribution in [0.25, 0.3) is 0 Å². The molecule has 0 bridgehead atoms. The van der Waals surface area contributed by atoms with Crippen LogP contribution in [0.1, 0.15) is 39.0 Å². The molecule has 0 N–H and O–H groups in total. The molecule has 1 aliphatic rings. The van der Waals surface area contributed by atoms with Gasteiger partial charge in [-0.1, -0.05) is 85.5 Å². The summed E-state index contributed by atoms with van der Waals surface area (Å²) < 4.78 is 0. The molecule has 0 aromatic carbocycles. The molecule has 0 heterocycles. The third-order valence-electron chi connectivity index (χ3n) is 3.86. The van der Waals surface area contributed by atoms with Crippen molar-refractivity contribution in [3.8, 4) is 0 Å².